The van der Waals surface area contributed by atoms with Crippen LogP contribution in [0.4, 0.5) is 10.5 Å². The fourth-order valence-corrected chi connectivity index (χ4v) is 3.84. The second-order valence-electron chi connectivity index (χ2n) is 7.05. The quantitative estimate of drug-likeness (QED) is 0.388. The molecule has 0 aliphatic carbocycles. The van der Waals surface area contributed by atoms with Gasteiger partial charge in [0.15, 0.2) is 0 Å². The maximum absolute atomic E-state index is 13.1. The molecule has 2 heterocycles. The third-order valence-corrected chi connectivity index (χ3v) is 5.82. The van der Waals surface area contributed by atoms with E-state index in [1.165, 1.54) is 15.8 Å². The van der Waals surface area contributed by atoms with Gasteiger partial charge in [0, 0.05) is 53.2 Å². The Balaban J connectivity index is 1.50. The summed E-state index contributed by atoms with van der Waals surface area (Å²) in [6.07, 6.45) is 8.36. The van der Waals surface area contributed by atoms with E-state index in [4.69, 9.17) is 0 Å². The van der Waals surface area contributed by atoms with Gasteiger partial charge in [-0.1, -0.05) is 18.2 Å². The summed E-state index contributed by atoms with van der Waals surface area (Å²) < 4.78 is 0. The summed E-state index contributed by atoms with van der Waals surface area (Å²) in [5, 5.41) is 4.24. The van der Waals surface area contributed by atoms with E-state index in [9.17, 15) is 4.79 Å². The van der Waals surface area contributed by atoms with E-state index in [1.807, 2.05) is 65.9 Å². The zero-order chi connectivity index (χ0) is 20.8. The van der Waals surface area contributed by atoms with Crippen LogP contribution in [0.3, 0.4) is 0 Å². The lowest BCUT2D eigenvalue weighted by Crippen LogP contribution is -2.36. The Morgan fingerprint density at radius 3 is 2.60 bits per heavy atom. The lowest BCUT2D eigenvalue weighted by molar-refractivity contribution is 0.210. The first-order valence-electron chi connectivity index (χ1n) is 9.87. The van der Waals surface area contributed by atoms with Crippen LogP contribution in [0.15, 0.2) is 84.1 Å². The molecule has 0 fully saturated rings. The van der Waals surface area contributed by atoms with Crippen LogP contribution in [0.2, 0.25) is 0 Å². The highest BCUT2D eigenvalue weighted by atomic mass is 32.2. The first-order chi connectivity index (χ1) is 14.7. The highest BCUT2D eigenvalue weighted by Crippen LogP contribution is 2.20. The highest BCUT2D eigenvalue weighted by Gasteiger charge is 2.15. The number of nitrogens with one attached hydrogen (secondary N) is 2. The van der Waals surface area contributed by atoms with Crippen molar-refractivity contribution in [2.45, 2.75) is 17.9 Å². The zero-order valence-corrected chi connectivity index (χ0v) is 17.7. The number of para-hydroxylation sites is 1. The van der Waals surface area contributed by atoms with Crippen LogP contribution in [0.25, 0.3) is 10.9 Å². The van der Waals surface area contributed by atoms with Gasteiger partial charge >= 0.3 is 6.03 Å². The van der Waals surface area contributed by atoms with Gasteiger partial charge in [-0.05, 0) is 66.3 Å². The van der Waals surface area contributed by atoms with Crippen molar-refractivity contribution >= 4 is 34.4 Å². The Hall–Kier alpha value is -3.25. The van der Waals surface area contributed by atoms with Crippen molar-refractivity contribution in [3.63, 3.8) is 0 Å². The van der Waals surface area contributed by atoms with E-state index >= 15 is 0 Å². The van der Waals surface area contributed by atoms with Crippen LogP contribution in [0.1, 0.15) is 11.1 Å². The van der Waals surface area contributed by atoms with Gasteiger partial charge in [-0.15, -0.1) is 11.8 Å². The molecule has 0 radical (unpaired) electrons. The van der Waals surface area contributed by atoms with E-state index in [1.54, 1.807) is 24.2 Å². The Labute approximate surface area is 180 Å². The second-order valence-corrected chi connectivity index (χ2v) is 7.92. The fourth-order valence-electron chi connectivity index (χ4n) is 3.43. The minimum Gasteiger partial charge on any atom is -0.361 e. The Morgan fingerprint density at radius 2 is 1.83 bits per heavy atom. The standard InChI is InChI=1S/C24H24N4OS/c1-30-21-8-6-20(7-9-21)27-24(29)28(17-18-10-13-25-14-11-18)15-12-19-16-26-23-5-3-2-4-22(19)23/h2-11,13-14,16,26H,12,15,17H2,1H3,(H,27,29). The van der Waals surface area contributed by atoms with Crippen LogP contribution < -0.4 is 5.32 Å². The Bertz CT molecular complexity index is 1110. The van der Waals surface area contributed by atoms with Crippen LogP contribution in [-0.4, -0.2) is 33.7 Å². The molecule has 152 valence electrons. The molecule has 6 heteroatoms. The number of urea groups is 1. The van der Waals surface area contributed by atoms with Crippen molar-refractivity contribution in [1.29, 1.82) is 0 Å². The van der Waals surface area contributed by atoms with Crippen molar-refractivity contribution in [3.05, 3.63) is 90.4 Å². The van der Waals surface area contributed by atoms with Gasteiger partial charge in [-0.25, -0.2) is 4.79 Å². The number of hydrogen-bond acceptors (Lipinski definition) is 3. The first kappa shape index (κ1) is 20.0. The molecule has 0 spiro atoms. The normalized spacial score (nSPS) is 10.8. The zero-order valence-electron chi connectivity index (χ0n) is 16.8. The second kappa shape index (κ2) is 9.50. The molecule has 0 aliphatic rings. The minimum atomic E-state index is -0.108. The van der Waals surface area contributed by atoms with E-state index in [0.717, 1.165) is 23.2 Å². The maximum Gasteiger partial charge on any atom is 0.322 e. The fraction of sp³-hybridized carbons (Fsp3) is 0.167. The smallest absolute Gasteiger partial charge is 0.322 e. The minimum absolute atomic E-state index is 0.108. The lowest BCUT2D eigenvalue weighted by atomic mass is 10.1. The van der Waals surface area contributed by atoms with Gasteiger partial charge in [0.1, 0.15) is 0 Å². The number of pyridine rings is 1. The number of hydrogen-bond donors (Lipinski definition) is 2. The van der Waals surface area contributed by atoms with Gasteiger partial charge in [0.05, 0.1) is 0 Å². The molecule has 4 aromatic rings. The van der Waals surface area contributed by atoms with Gasteiger partial charge in [0.2, 0.25) is 0 Å². The number of H-pyrrole nitrogens is 1. The summed E-state index contributed by atoms with van der Waals surface area (Å²) in [6, 6.07) is 19.9. The predicted molar refractivity (Wildman–Crippen MR) is 124 cm³/mol. The molecule has 2 aromatic carbocycles. The number of fused-ring (bicyclic) bond motifs is 1. The van der Waals surface area contributed by atoms with Crippen LogP contribution in [0, 0.1) is 0 Å². The third-order valence-electron chi connectivity index (χ3n) is 5.08. The van der Waals surface area contributed by atoms with Crippen LogP contribution >= 0.6 is 11.8 Å². The average Bonchev–Trinajstić information content (AvgIpc) is 3.21. The molecule has 2 amide bonds. The van der Waals surface area contributed by atoms with Crippen molar-refractivity contribution in [1.82, 2.24) is 14.9 Å². The molecule has 0 bridgehead atoms. The molecule has 0 atom stereocenters. The molecule has 0 saturated carbocycles. The number of aromatic amines is 1. The van der Waals surface area contributed by atoms with E-state index in [2.05, 4.69) is 27.4 Å². The maximum atomic E-state index is 13.1. The molecule has 0 aliphatic heterocycles. The number of anilines is 1. The van der Waals surface area contributed by atoms with Crippen molar-refractivity contribution in [3.8, 4) is 0 Å². The summed E-state index contributed by atoms with van der Waals surface area (Å²) >= 11 is 1.68. The number of benzene rings is 2. The number of carbonyl (C=O) groups excluding carboxylic acids is 1. The number of carbonyl (C=O) groups is 1. The molecule has 5 nitrogen and oxygen atoms in total. The first-order valence-corrected chi connectivity index (χ1v) is 11.1. The topological polar surface area (TPSA) is 61.0 Å². The molecular formula is C24H24N4OS. The molecule has 2 N–H and O–H groups in total. The lowest BCUT2D eigenvalue weighted by Gasteiger charge is -2.23. The molecule has 4 rings (SSSR count). The summed E-state index contributed by atoms with van der Waals surface area (Å²) in [7, 11) is 0. The monoisotopic (exact) mass is 416 g/mol. The van der Waals surface area contributed by atoms with Crippen molar-refractivity contribution in [2.24, 2.45) is 0 Å². The van der Waals surface area contributed by atoms with Crippen molar-refractivity contribution < 1.29 is 4.79 Å². The predicted octanol–water partition coefficient (Wildman–Crippen LogP) is 5.56. The van der Waals surface area contributed by atoms with Gasteiger partial charge < -0.3 is 15.2 Å². The number of amides is 2. The summed E-state index contributed by atoms with van der Waals surface area (Å²) in [5.41, 5.74) is 4.18. The summed E-state index contributed by atoms with van der Waals surface area (Å²) in [5.74, 6) is 0. The largest absolute Gasteiger partial charge is 0.361 e. The molecule has 0 unspecified atom stereocenters. The number of rotatable bonds is 7. The molecule has 30 heavy (non-hydrogen) atoms. The summed E-state index contributed by atoms with van der Waals surface area (Å²) in [4.78, 5) is 23.5. The number of nitrogens with zero attached hydrogens (tertiary/aromatic N) is 2. The van der Waals surface area contributed by atoms with Crippen LogP contribution in [0.5, 0.6) is 0 Å². The van der Waals surface area contributed by atoms with E-state index in [-0.39, 0.29) is 6.03 Å². The van der Waals surface area contributed by atoms with Gasteiger partial charge in [-0.3, -0.25) is 4.98 Å². The van der Waals surface area contributed by atoms with Gasteiger partial charge in [0.25, 0.3) is 0 Å². The van der Waals surface area contributed by atoms with Crippen LogP contribution in [-0.2, 0) is 13.0 Å². The molecule has 2 aromatic heterocycles. The van der Waals surface area contributed by atoms with Crippen molar-refractivity contribution in [2.75, 3.05) is 18.1 Å². The highest BCUT2D eigenvalue weighted by molar-refractivity contribution is 7.98. The van der Waals surface area contributed by atoms with E-state index < -0.39 is 0 Å². The summed E-state index contributed by atoms with van der Waals surface area (Å²) in [6.45, 7) is 1.14. The average molecular weight is 417 g/mol. The Kier molecular flexibility index (Phi) is 6.35. The SMILES string of the molecule is CSc1ccc(NC(=O)N(CCc2c[nH]c3ccccc23)Cc2ccncc2)cc1. The van der Waals surface area contributed by atoms with E-state index in [0.29, 0.717) is 13.1 Å². The third kappa shape index (κ3) is 4.83. The molecule has 0 saturated heterocycles. The number of aromatic nitrogens is 2. The van der Waals surface area contributed by atoms with Gasteiger partial charge in [-0.2, -0.15) is 0 Å². The number of thioether (sulfide) groups is 1. The molecular weight excluding hydrogens is 392 g/mol. The Morgan fingerprint density at radius 1 is 1.07 bits per heavy atom.